The summed E-state index contributed by atoms with van der Waals surface area (Å²) in [7, 11) is 1.63. The first-order valence-corrected chi connectivity index (χ1v) is 8.02. The molecular formula is C15H20BrN3O2. The van der Waals surface area contributed by atoms with E-state index in [9.17, 15) is 4.79 Å². The van der Waals surface area contributed by atoms with Gasteiger partial charge in [-0.15, -0.1) is 0 Å². The zero-order chi connectivity index (χ0) is 15.0. The lowest BCUT2D eigenvalue weighted by Crippen LogP contribution is -2.45. The van der Waals surface area contributed by atoms with Crippen molar-refractivity contribution in [1.29, 1.82) is 0 Å². The molecule has 1 aliphatic carbocycles. The fourth-order valence-corrected chi connectivity index (χ4v) is 3.60. The number of halogens is 1. The Kier molecular flexibility index (Phi) is 4.03. The van der Waals surface area contributed by atoms with Gasteiger partial charge in [-0.25, -0.2) is 4.98 Å². The Bertz CT molecular complexity index is 566. The molecule has 1 aromatic heterocycles. The molecule has 1 aromatic rings. The first kappa shape index (κ1) is 14.9. The van der Waals surface area contributed by atoms with Crippen LogP contribution in [0.3, 0.4) is 0 Å². The van der Waals surface area contributed by atoms with Crippen LogP contribution in [0.4, 0.5) is 5.82 Å². The van der Waals surface area contributed by atoms with E-state index in [1.165, 1.54) is 12.8 Å². The lowest BCUT2D eigenvalue weighted by atomic mass is 9.66. The third-order valence-corrected chi connectivity index (χ3v) is 5.16. The van der Waals surface area contributed by atoms with E-state index in [1.807, 2.05) is 12.1 Å². The molecule has 114 valence electrons. The number of ether oxygens (including phenoxy) is 1. The predicted octanol–water partition coefficient (Wildman–Crippen LogP) is 2.46. The molecule has 3 rings (SSSR count). The van der Waals surface area contributed by atoms with Gasteiger partial charge in [0, 0.05) is 18.7 Å². The van der Waals surface area contributed by atoms with E-state index in [-0.39, 0.29) is 11.9 Å². The van der Waals surface area contributed by atoms with Crippen molar-refractivity contribution in [2.75, 3.05) is 12.4 Å². The number of fused-ring (bicyclic) bond motifs is 1. The highest BCUT2D eigenvalue weighted by atomic mass is 79.9. The normalized spacial score (nSPS) is 30.6. The topological polar surface area (TPSA) is 63.2 Å². The smallest absolute Gasteiger partial charge is 0.242 e. The van der Waals surface area contributed by atoms with Crippen LogP contribution in [0.15, 0.2) is 16.7 Å². The minimum Gasteiger partial charge on any atom is -0.380 e. The van der Waals surface area contributed by atoms with E-state index in [0.717, 1.165) is 12.0 Å². The number of carbonyl (C=O) groups is 1. The summed E-state index contributed by atoms with van der Waals surface area (Å²) in [6.45, 7) is 2.68. The summed E-state index contributed by atoms with van der Waals surface area (Å²) in [5, 5.41) is 6.38. The number of pyridine rings is 1. The van der Waals surface area contributed by atoms with Crippen molar-refractivity contribution in [3.8, 4) is 0 Å². The Balaban J connectivity index is 1.71. The number of anilines is 1. The molecule has 1 saturated carbocycles. The van der Waals surface area contributed by atoms with Crippen LogP contribution in [-0.4, -0.2) is 30.1 Å². The highest BCUT2D eigenvalue weighted by Gasteiger charge is 2.51. The van der Waals surface area contributed by atoms with E-state index in [1.54, 1.807) is 7.11 Å². The molecule has 5 nitrogen and oxygen atoms in total. The van der Waals surface area contributed by atoms with Crippen LogP contribution in [0, 0.1) is 5.41 Å². The average molecular weight is 354 g/mol. The molecule has 21 heavy (non-hydrogen) atoms. The van der Waals surface area contributed by atoms with Crippen molar-refractivity contribution >= 4 is 27.7 Å². The lowest BCUT2D eigenvalue weighted by molar-refractivity contribution is -0.118. The van der Waals surface area contributed by atoms with Crippen LogP contribution in [0.5, 0.6) is 0 Å². The van der Waals surface area contributed by atoms with Crippen LogP contribution < -0.4 is 10.6 Å². The number of carbonyl (C=O) groups excluding carboxylic acids is 1. The molecule has 0 aromatic carbocycles. The molecular weight excluding hydrogens is 334 g/mol. The number of aromatic nitrogens is 1. The Labute approximate surface area is 133 Å². The number of nitrogens with zero attached hydrogens (tertiary/aromatic N) is 1. The molecule has 1 amide bonds. The Morgan fingerprint density at radius 2 is 2.43 bits per heavy atom. The minimum atomic E-state index is -0.126. The summed E-state index contributed by atoms with van der Waals surface area (Å²) in [4.78, 5) is 16.8. The van der Waals surface area contributed by atoms with Gasteiger partial charge in [0.05, 0.1) is 12.6 Å². The quantitative estimate of drug-likeness (QED) is 0.816. The van der Waals surface area contributed by atoms with E-state index in [2.05, 4.69) is 38.5 Å². The van der Waals surface area contributed by atoms with Crippen molar-refractivity contribution in [3.05, 3.63) is 22.3 Å². The van der Waals surface area contributed by atoms with Crippen molar-refractivity contribution in [3.63, 3.8) is 0 Å². The number of methoxy groups -OCH3 is 1. The van der Waals surface area contributed by atoms with E-state index in [0.29, 0.717) is 28.5 Å². The second-order valence-corrected chi connectivity index (χ2v) is 7.05. The van der Waals surface area contributed by atoms with E-state index >= 15 is 0 Å². The van der Waals surface area contributed by atoms with Crippen molar-refractivity contribution in [2.24, 2.45) is 5.41 Å². The van der Waals surface area contributed by atoms with Crippen LogP contribution in [0.1, 0.15) is 31.7 Å². The van der Waals surface area contributed by atoms with Gasteiger partial charge >= 0.3 is 0 Å². The van der Waals surface area contributed by atoms with Gasteiger partial charge in [-0.05, 0) is 46.7 Å². The van der Waals surface area contributed by atoms with E-state index < -0.39 is 0 Å². The van der Waals surface area contributed by atoms with Gasteiger partial charge in [-0.3, -0.25) is 4.79 Å². The van der Waals surface area contributed by atoms with Crippen LogP contribution >= 0.6 is 15.9 Å². The second kappa shape index (κ2) is 5.66. The maximum absolute atomic E-state index is 12.5. The fraction of sp³-hybridized carbons (Fsp3) is 0.600. The van der Waals surface area contributed by atoms with Gasteiger partial charge in [0.15, 0.2) is 0 Å². The van der Waals surface area contributed by atoms with Crippen molar-refractivity contribution in [2.45, 2.75) is 44.9 Å². The SMILES string of the molecule is COCc1ccc(Br)nc1NC(=O)[C@@H]1C[C@@]2(C)CC[C@H]2N1. The molecule has 6 heteroatoms. The Hall–Kier alpha value is -0.980. The number of nitrogens with one attached hydrogen (secondary N) is 2. The number of rotatable bonds is 4. The number of hydrogen-bond acceptors (Lipinski definition) is 4. The molecule has 0 bridgehead atoms. The summed E-state index contributed by atoms with van der Waals surface area (Å²) in [6, 6.07) is 4.11. The van der Waals surface area contributed by atoms with Gasteiger partial charge in [0.2, 0.25) is 5.91 Å². The minimum absolute atomic E-state index is 0.00595. The zero-order valence-electron chi connectivity index (χ0n) is 12.3. The average Bonchev–Trinajstić information content (AvgIpc) is 2.66. The lowest BCUT2D eigenvalue weighted by Gasteiger charge is -2.41. The van der Waals surface area contributed by atoms with Gasteiger partial charge in [0.25, 0.3) is 0 Å². The highest BCUT2D eigenvalue weighted by Crippen LogP contribution is 2.48. The van der Waals surface area contributed by atoms with Crippen molar-refractivity contribution in [1.82, 2.24) is 10.3 Å². The van der Waals surface area contributed by atoms with Crippen LogP contribution in [0.25, 0.3) is 0 Å². The van der Waals surface area contributed by atoms with Gasteiger partial charge < -0.3 is 15.4 Å². The predicted molar refractivity (Wildman–Crippen MR) is 83.9 cm³/mol. The Morgan fingerprint density at radius 1 is 1.62 bits per heavy atom. The molecule has 2 N–H and O–H groups in total. The molecule has 3 atom stereocenters. The first-order valence-electron chi connectivity index (χ1n) is 7.23. The van der Waals surface area contributed by atoms with Gasteiger partial charge in [-0.2, -0.15) is 0 Å². The molecule has 0 spiro atoms. The Morgan fingerprint density at radius 3 is 3.00 bits per heavy atom. The molecule has 2 heterocycles. The maximum Gasteiger partial charge on any atom is 0.242 e. The number of hydrogen-bond donors (Lipinski definition) is 2. The molecule has 0 radical (unpaired) electrons. The molecule has 1 saturated heterocycles. The molecule has 2 aliphatic rings. The van der Waals surface area contributed by atoms with Gasteiger partial charge in [0.1, 0.15) is 10.4 Å². The number of amides is 1. The maximum atomic E-state index is 12.5. The second-order valence-electron chi connectivity index (χ2n) is 6.23. The summed E-state index contributed by atoms with van der Waals surface area (Å²) in [5.74, 6) is 0.566. The highest BCUT2D eigenvalue weighted by molar-refractivity contribution is 9.10. The summed E-state index contributed by atoms with van der Waals surface area (Å²) in [6.07, 6.45) is 3.28. The van der Waals surface area contributed by atoms with E-state index in [4.69, 9.17) is 4.74 Å². The standard InChI is InChI=1S/C15H20BrN3O2/c1-15-6-5-11(15)17-10(7-15)14(20)19-13-9(8-21-2)3-4-12(16)18-13/h3-4,10-11,17H,5-8H2,1-2H3,(H,18,19,20)/t10-,11+,15+/m0/s1. The molecule has 1 aliphatic heterocycles. The fourth-order valence-electron chi connectivity index (χ4n) is 3.29. The summed E-state index contributed by atoms with van der Waals surface area (Å²) < 4.78 is 5.85. The third-order valence-electron chi connectivity index (χ3n) is 4.72. The summed E-state index contributed by atoms with van der Waals surface area (Å²) in [5.41, 5.74) is 1.17. The van der Waals surface area contributed by atoms with Crippen molar-refractivity contribution < 1.29 is 9.53 Å². The molecule has 2 fully saturated rings. The monoisotopic (exact) mass is 353 g/mol. The first-order chi connectivity index (χ1) is 10.0. The molecule has 0 unspecified atom stereocenters. The van der Waals surface area contributed by atoms with Crippen LogP contribution in [0.2, 0.25) is 0 Å². The largest absolute Gasteiger partial charge is 0.380 e. The van der Waals surface area contributed by atoms with Crippen LogP contribution in [-0.2, 0) is 16.1 Å². The zero-order valence-corrected chi connectivity index (χ0v) is 13.9. The van der Waals surface area contributed by atoms with Gasteiger partial charge in [-0.1, -0.05) is 13.0 Å². The third kappa shape index (κ3) is 2.84. The summed E-state index contributed by atoms with van der Waals surface area (Å²) >= 11 is 3.34.